The van der Waals surface area contributed by atoms with Crippen molar-refractivity contribution in [3.05, 3.63) is 62.6 Å². The molecule has 4 rings (SSSR count). The summed E-state index contributed by atoms with van der Waals surface area (Å²) in [5, 5.41) is 0.877. The Morgan fingerprint density at radius 2 is 2.00 bits per heavy atom. The molecule has 0 aliphatic heterocycles. The zero-order valence-electron chi connectivity index (χ0n) is 14.6. The second-order valence-electron chi connectivity index (χ2n) is 7.06. The molecule has 2 heterocycles. The number of halogens is 1. The van der Waals surface area contributed by atoms with Gasteiger partial charge in [-0.1, -0.05) is 30.6 Å². The van der Waals surface area contributed by atoms with Gasteiger partial charge in [-0.25, -0.2) is 9.37 Å². The monoisotopic (exact) mass is 372 g/mol. The van der Waals surface area contributed by atoms with Crippen LogP contribution in [0, 0.1) is 5.82 Å². The second kappa shape index (κ2) is 7.68. The van der Waals surface area contributed by atoms with Crippen LogP contribution in [0.1, 0.15) is 42.7 Å². The number of pyridine rings is 1. The van der Waals surface area contributed by atoms with Crippen LogP contribution >= 0.6 is 11.3 Å². The van der Waals surface area contributed by atoms with Crippen molar-refractivity contribution in [3.63, 3.8) is 0 Å². The summed E-state index contributed by atoms with van der Waals surface area (Å²) < 4.78 is 13.4. The first kappa shape index (κ1) is 17.4. The highest BCUT2D eigenvalue weighted by atomic mass is 32.1. The van der Waals surface area contributed by atoms with Gasteiger partial charge in [-0.05, 0) is 31.0 Å². The first-order valence-corrected chi connectivity index (χ1v) is 10.0. The predicted octanol–water partition coefficient (Wildman–Crippen LogP) is 3.88. The highest BCUT2D eigenvalue weighted by molar-refractivity contribution is 7.09. The van der Waals surface area contributed by atoms with E-state index in [1.54, 1.807) is 12.1 Å². The molecule has 0 spiro atoms. The van der Waals surface area contributed by atoms with Crippen LogP contribution < -0.4 is 9.86 Å². The number of nitrogens with one attached hydrogen (secondary N) is 2. The molecule has 4 nitrogen and oxygen atoms in total. The first-order valence-electron chi connectivity index (χ1n) is 9.19. The number of benzene rings is 1. The van der Waals surface area contributed by atoms with E-state index in [4.69, 9.17) is 0 Å². The van der Waals surface area contributed by atoms with Gasteiger partial charge in [0, 0.05) is 41.2 Å². The molecule has 0 saturated heterocycles. The molecular weight excluding hydrogens is 349 g/mol. The van der Waals surface area contributed by atoms with Gasteiger partial charge in [0.15, 0.2) is 5.69 Å². The standard InChI is InChI=1S/C20H22FN3OS/c21-15-7-9-19-14(10-15)6-8-16(23-19)12-24(17-4-2-1-3-5-17)13-18-11-22-20(25)26-18/h6-11,17H,1-5,12-13H2,(H,22,25)/p+1. The van der Waals surface area contributed by atoms with Crippen LogP contribution in [0.2, 0.25) is 0 Å². The van der Waals surface area contributed by atoms with E-state index in [9.17, 15) is 9.18 Å². The Morgan fingerprint density at radius 1 is 1.15 bits per heavy atom. The van der Waals surface area contributed by atoms with E-state index in [1.807, 2.05) is 18.3 Å². The molecule has 1 aromatic carbocycles. The third-order valence-corrected chi connectivity index (χ3v) is 5.98. The lowest BCUT2D eigenvalue weighted by atomic mass is 9.94. The lowest BCUT2D eigenvalue weighted by Gasteiger charge is -2.33. The Balaban J connectivity index is 1.58. The Bertz CT molecular complexity index is 945. The molecule has 2 N–H and O–H groups in total. The predicted molar refractivity (Wildman–Crippen MR) is 102 cm³/mol. The topological polar surface area (TPSA) is 50.2 Å². The van der Waals surface area contributed by atoms with Crippen molar-refractivity contribution in [2.45, 2.75) is 51.2 Å². The van der Waals surface area contributed by atoms with Crippen LogP contribution in [0.3, 0.4) is 0 Å². The molecule has 0 bridgehead atoms. The molecule has 1 aliphatic carbocycles. The third-order valence-electron chi connectivity index (χ3n) is 5.17. The molecule has 1 fully saturated rings. The molecule has 0 amide bonds. The van der Waals surface area contributed by atoms with Crippen LogP contribution in [0.4, 0.5) is 4.39 Å². The smallest absolute Gasteiger partial charge is 0.304 e. The minimum absolute atomic E-state index is 0.00267. The van der Waals surface area contributed by atoms with E-state index in [1.165, 1.54) is 49.5 Å². The number of H-pyrrole nitrogens is 2. The van der Waals surface area contributed by atoms with Crippen molar-refractivity contribution in [3.8, 4) is 0 Å². The minimum atomic E-state index is -0.218. The van der Waals surface area contributed by atoms with E-state index in [0.29, 0.717) is 6.04 Å². The normalized spacial score (nSPS) is 15.8. The molecule has 1 aliphatic rings. The van der Waals surface area contributed by atoms with E-state index < -0.39 is 0 Å². The lowest BCUT2D eigenvalue weighted by Crippen LogP contribution is -2.37. The second-order valence-corrected chi connectivity index (χ2v) is 8.16. The molecule has 0 unspecified atom stereocenters. The fourth-order valence-corrected chi connectivity index (χ4v) is 4.56. The van der Waals surface area contributed by atoms with Crippen LogP contribution in [-0.4, -0.2) is 15.9 Å². The molecular formula is C20H23FN3OS+. The molecule has 0 radical (unpaired) electrons. The summed E-state index contributed by atoms with van der Waals surface area (Å²) in [6, 6.07) is 9.37. The summed E-state index contributed by atoms with van der Waals surface area (Å²) in [6.07, 6.45) is 8.10. The van der Waals surface area contributed by atoms with E-state index in [2.05, 4.69) is 14.9 Å². The number of aromatic nitrogens is 2. The molecule has 1 saturated carbocycles. The van der Waals surface area contributed by atoms with Crippen molar-refractivity contribution in [2.75, 3.05) is 0 Å². The molecule has 0 atom stereocenters. The molecule has 26 heavy (non-hydrogen) atoms. The quantitative estimate of drug-likeness (QED) is 0.739. The minimum Gasteiger partial charge on any atom is -0.319 e. The van der Waals surface area contributed by atoms with Crippen LogP contribution in [0.5, 0.6) is 0 Å². The number of rotatable bonds is 5. The number of aromatic amines is 2. The number of hydrogen-bond acceptors (Lipinski definition) is 3. The lowest BCUT2D eigenvalue weighted by molar-refractivity contribution is -0.361. The summed E-state index contributed by atoms with van der Waals surface area (Å²) >= 11 is 1.29. The van der Waals surface area contributed by atoms with E-state index in [0.717, 1.165) is 34.6 Å². The van der Waals surface area contributed by atoms with Gasteiger partial charge in [0.2, 0.25) is 5.52 Å². The maximum atomic E-state index is 13.4. The fraction of sp³-hybridized carbons (Fsp3) is 0.400. The summed E-state index contributed by atoms with van der Waals surface area (Å²) in [7, 11) is 0. The van der Waals surface area contributed by atoms with Gasteiger partial charge in [0.1, 0.15) is 5.82 Å². The average Bonchev–Trinajstić information content (AvgIpc) is 3.07. The fourth-order valence-electron chi connectivity index (χ4n) is 3.86. The summed E-state index contributed by atoms with van der Waals surface area (Å²) in [5.41, 5.74) is 2.05. The van der Waals surface area contributed by atoms with Crippen molar-refractivity contribution in [1.82, 2.24) is 9.88 Å². The largest absolute Gasteiger partial charge is 0.319 e. The third kappa shape index (κ3) is 4.02. The Kier molecular flexibility index (Phi) is 5.13. The van der Waals surface area contributed by atoms with Gasteiger partial charge in [-0.2, -0.15) is 0 Å². The van der Waals surface area contributed by atoms with Crippen LogP contribution in [0.25, 0.3) is 10.9 Å². The van der Waals surface area contributed by atoms with Gasteiger partial charge in [0.25, 0.3) is 0 Å². The maximum Gasteiger partial charge on any atom is 0.304 e. The number of nitrogens with zero attached hydrogens (tertiary/aromatic N) is 1. The SMILES string of the molecule is O=c1[nH]cc(CN(Cc2ccc3cc(F)ccc3[nH+]2)C2CCCCC2)s1. The van der Waals surface area contributed by atoms with Gasteiger partial charge >= 0.3 is 4.87 Å². The maximum absolute atomic E-state index is 13.4. The van der Waals surface area contributed by atoms with E-state index >= 15 is 0 Å². The van der Waals surface area contributed by atoms with Gasteiger partial charge in [-0.15, -0.1) is 0 Å². The van der Waals surface area contributed by atoms with Gasteiger partial charge in [-0.3, -0.25) is 9.69 Å². The first-order chi connectivity index (χ1) is 12.7. The molecule has 3 aromatic rings. The van der Waals surface area contributed by atoms with Gasteiger partial charge < -0.3 is 4.98 Å². The molecule has 136 valence electrons. The Morgan fingerprint density at radius 3 is 2.77 bits per heavy atom. The number of fused-ring (bicyclic) bond motifs is 1. The zero-order chi connectivity index (χ0) is 17.9. The van der Waals surface area contributed by atoms with Crippen LogP contribution in [0.15, 0.2) is 41.3 Å². The van der Waals surface area contributed by atoms with Crippen molar-refractivity contribution in [1.29, 1.82) is 0 Å². The summed E-state index contributed by atoms with van der Waals surface area (Å²) in [4.78, 5) is 21.2. The number of thiazole rings is 1. The summed E-state index contributed by atoms with van der Waals surface area (Å²) in [5.74, 6) is -0.218. The highest BCUT2D eigenvalue weighted by Gasteiger charge is 2.24. The molecule has 2 aromatic heterocycles. The van der Waals surface area contributed by atoms with E-state index in [-0.39, 0.29) is 10.7 Å². The highest BCUT2D eigenvalue weighted by Crippen LogP contribution is 2.25. The summed E-state index contributed by atoms with van der Waals surface area (Å²) in [6.45, 7) is 1.58. The average molecular weight is 372 g/mol. The Labute approximate surface area is 155 Å². The van der Waals surface area contributed by atoms with Crippen molar-refractivity contribution in [2.24, 2.45) is 0 Å². The number of hydrogen-bond donors (Lipinski definition) is 1. The van der Waals surface area contributed by atoms with Crippen molar-refractivity contribution < 1.29 is 9.37 Å². The van der Waals surface area contributed by atoms with Gasteiger partial charge in [0.05, 0.1) is 6.54 Å². The molecule has 6 heteroatoms. The van der Waals surface area contributed by atoms with Crippen molar-refractivity contribution >= 4 is 22.2 Å². The Hall–Kier alpha value is -2.05. The van der Waals surface area contributed by atoms with Crippen LogP contribution in [-0.2, 0) is 13.1 Å². The zero-order valence-corrected chi connectivity index (χ0v) is 15.4.